The fourth-order valence-electron chi connectivity index (χ4n) is 5.69. The third kappa shape index (κ3) is 6.22. The summed E-state index contributed by atoms with van der Waals surface area (Å²) in [5.74, 6) is -0.468. The molecule has 35 heavy (non-hydrogen) atoms. The number of carbonyl (C=O) groups is 2. The third-order valence-electron chi connectivity index (χ3n) is 8.08. The van der Waals surface area contributed by atoms with Gasteiger partial charge < -0.3 is 19.9 Å². The molecule has 1 aromatic rings. The van der Waals surface area contributed by atoms with Crippen LogP contribution in [0.25, 0.3) is 5.57 Å². The number of aliphatic hydroxyl groups excluding tert-OH is 1. The van der Waals surface area contributed by atoms with Crippen molar-refractivity contribution in [3.63, 3.8) is 0 Å². The number of cyclic esters (lactones) is 1. The van der Waals surface area contributed by atoms with E-state index in [2.05, 4.69) is 38.2 Å². The molecular weight excluding hydrogens is 442 g/mol. The number of nitrogens with one attached hydrogen (secondary N) is 1. The highest BCUT2D eigenvalue weighted by Crippen LogP contribution is 2.52. The molecule has 3 atom stereocenters. The van der Waals surface area contributed by atoms with Crippen LogP contribution in [0.3, 0.4) is 0 Å². The van der Waals surface area contributed by atoms with E-state index >= 15 is 0 Å². The summed E-state index contributed by atoms with van der Waals surface area (Å²) in [7, 11) is 1.80. The number of allylic oxidation sites excluding steroid dienone is 2. The first-order valence-electron chi connectivity index (χ1n) is 12.9. The van der Waals surface area contributed by atoms with Crippen molar-refractivity contribution in [2.24, 2.45) is 5.41 Å². The summed E-state index contributed by atoms with van der Waals surface area (Å²) < 4.78 is 11.7. The van der Waals surface area contributed by atoms with Gasteiger partial charge in [0.15, 0.2) is 0 Å². The number of methoxy groups -OCH3 is 1. The molecule has 0 radical (unpaired) electrons. The number of benzene rings is 1. The Morgan fingerprint density at radius 1 is 1.23 bits per heavy atom. The Balaban J connectivity index is 2.19. The molecule has 192 valence electrons. The Morgan fingerprint density at radius 2 is 1.97 bits per heavy atom. The Bertz CT molecular complexity index is 971. The van der Waals surface area contributed by atoms with Crippen LogP contribution in [0.1, 0.15) is 84.6 Å². The Morgan fingerprint density at radius 3 is 2.57 bits per heavy atom. The number of anilines is 1. The lowest BCUT2D eigenvalue weighted by atomic mass is 9.70. The van der Waals surface area contributed by atoms with Crippen LogP contribution in [0.15, 0.2) is 42.0 Å². The summed E-state index contributed by atoms with van der Waals surface area (Å²) >= 11 is 0. The maximum Gasteiger partial charge on any atom is 0.309 e. The Labute approximate surface area is 209 Å². The smallest absolute Gasteiger partial charge is 0.309 e. The van der Waals surface area contributed by atoms with Crippen LogP contribution < -0.4 is 5.32 Å². The zero-order chi connectivity index (χ0) is 25.6. The molecule has 2 N–H and O–H groups in total. The van der Waals surface area contributed by atoms with Gasteiger partial charge in [0.2, 0.25) is 5.91 Å². The summed E-state index contributed by atoms with van der Waals surface area (Å²) in [6.45, 7) is 8.16. The van der Waals surface area contributed by atoms with Crippen molar-refractivity contribution in [2.75, 3.05) is 12.4 Å². The number of aliphatic hydroxyl groups is 1. The second-order valence-corrected chi connectivity index (χ2v) is 10.0. The predicted molar refractivity (Wildman–Crippen MR) is 139 cm³/mol. The average Bonchev–Trinajstić information content (AvgIpc) is 2.97. The monoisotopic (exact) mass is 483 g/mol. The number of hydrogen-bond acceptors (Lipinski definition) is 5. The first kappa shape index (κ1) is 27.2. The van der Waals surface area contributed by atoms with E-state index < -0.39 is 12.2 Å². The van der Waals surface area contributed by atoms with Gasteiger partial charge in [-0.25, -0.2) is 0 Å². The number of carbonyl (C=O) groups excluding carboxylic acids is 2. The van der Waals surface area contributed by atoms with E-state index in [0.717, 1.165) is 49.8 Å². The van der Waals surface area contributed by atoms with E-state index in [1.54, 1.807) is 7.11 Å². The lowest BCUT2D eigenvalue weighted by Gasteiger charge is -2.35. The van der Waals surface area contributed by atoms with E-state index in [0.29, 0.717) is 6.42 Å². The van der Waals surface area contributed by atoms with Gasteiger partial charge in [0, 0.05) is 32.6 Å². The summed E-state index contributed by atoms with van der Waals surface area (Å²) in [4.78, 5) is 23.7. The molecule has 1 aliphatic heterocycles. The van der Waals surface area contributed by atoms with Gasteiger partial charge in [-0.1, -0.05) is 39.0 Å². The predicted octanol–water partition coefficient (Wildman–Crippen LogP) is 5.81. The minimum absolute atomic E-state index is 0.0505. The summed E-state index contributed by atoms with van der Waals surface area (Å²) in [5.41, 5.74) is 3.89. The first-order chi connectivity index (χ1) is 16.7. The highest BCUT2D eigenvalue weighted by Gasteiger charge is 2.41. The van der Waals surface area contributed by atoms with Crippen molar-refractivity contribution in [1.82, 2.24) is 0 Å². The summed E-state index contributed by atoms with van der Waals surface area (Å²) in [5, 5.41) is 13.0. The molecule has 0 aromatic heterocycles. The van der Waals surface area contributed by atoms with Crippen molar-refractivity contribution in [1.29, 1.82) is 0 Å². The maximum absolute atomic E-state index is 11.9. The number of ether oxygens (including phenoxy) is 2. The molecule has 1 unspecified atom stereocenters. The highest BCUT2D eigenvalue weighted by atomic mass is 16.5. The van der Waals surface area contributed by atoms with E-state index in [9.17, 15) is 14.7 Å². The third-order valence-corrected chi connectivity index (χ3v) is 8.08. The Hall–Kier alpha value is -2.44. The molecule has 1 saturated heterocycles. The fourth-order valence-corrected chi connectivity index (χ4v) is 5.69. The maximum atomic E-state index is 11.9. The molecule has 0 saturated carbocycles. The van der Waals surface area contributed by atoms with Crippen molar-refractivity contribution in [3.05, 3.63) is 47.6 Å². The molecule has 0 bridgehead atoms. The SMILES string of the molecule is CCC1(OC)CCC(CC)(CC)C(C=C[C@@H]2C[C@@H](O)CC(=O)O2)=C(c2cccc(NC(C)=O)c2)C1. The molecular formula is C29H41NO5. The van der Waals surface area contributed by atoms with Gasteiger partial charge in [0.05, 0.1) is 18.1 Å². The van der Waals surface area contributed by atoms with Crippen LogP contribution in [0, 0.1) is 5.41 Å². The van der Waals surface area contributed by atoms with E-state index in [-0.39, 0.29) is 29.3 Å². The van der Waals surface area contributed by atoms with Crippen molar-refractivity contribution in [2.45, 2.75) is 96.9 Å². The normalized spacial score (nSPS) is 27.0. The number of hydrogen-bond donors (Lipinski definition) is 2. The molecule has 3 rings (SSSR count). The van der Waals surface area contributed by atoms with Gasteiger partial charge in [-0.15, -0.1) is 0 Å². The van der Waals surface area contributed by atoms with Crippen molar-refractivity contribution < 1.29 is 24.2 Å². The number of rotatable bonds is 8. The molecule has 1 aromatic carbocycles. The van der Waals surface area contributed by atoms with Gasteiger partial charge in [-0.2, -0.15) is 0 Å². The average molecular weight is 484 g/mol. The molecule has 2 aliphatic rings. The van der Waals surface area contributed by atoms with Crippen LogP contribution in [-0.2, 0) is 19.1 Å². The van der Waals surface area contributed by atoms with Gasteiger partial charge in [0.25, 0.3) is 0 Å². The largest absolute Gasteiger partial charge is 0.458 e. The van der Waals surface area contributed by atoms with Gasteiger partial charge in [0.1, 0.15) is 6.10 Å². The second-order valence-electron chi connectivity index (χ2n) is 10.0. The van der Waals surface area contributed by atoms with Gasteiger partial charge in [-0.05, 0) is 72.4 Å². The van der Waals surface area contributed by atoms with Crippen LogP contribution in [0.5, 0.6) is 0 Å². The standard InChI is InChI=1S/C29H41NO5/c1-6-28(7-2)14-15-29(8-3,34-5)19-25(21-10-9-11-22(16-21)30-20(4)31)26(28)13-12-24-17-23(32)18-27(33)35-24/h9-13,16,23-24,32H,6-8,14-15,17-19H2,1-5H3,(H,30,31)/t23-,24-,29?/m1/s1. The van der Waals surface area contributed by atoms with Crippen LogP contribution in [-0.4, -0.2) is 41.9 Å². The van der Waals surface area contributed by atoms with Crippen molar-refractivity contribution >= 4 is 23.1 Å². The van der Waals surface area contributed by atoms with Crippen LogP contribution >= 0.6 is 0 Å². The molecule has 1 heterocycles. The molecule has 6 nitrogen and oxygen atoms in total. The van der Waals surface area contributed by atoms with Gasteiger partial charge in [-0.3, -0.25) is 9.59 Å². The minimum Gasteiger partial charge on any atom is -0.458 e. The first-order valence-corrected chi connectivity index (χ1v) is 12.9. The molecule has 1 amide bonds. The van der Waals surface area contributed by atoms with Gasteiger partial charge >= 0.3 is 5.97 Å². The minimum atomic E-state index is -0.675. The highest BCUT2D eigenvalue weighted by molar-refractivity contribution is 5.89. The lowest BCUT2D eigenvalue weighted by Crippen LogP contribution is -2.31. The number of amides is 1. The van der Waals surface area contributed by atoms with E-state index in [4.69, 9.17) is 9.47 Å². The summed E-state index contributed by atoms with van der Waals surface area (Å²) in [6.07, 6.45) is 8.93. The zero-order valence-corrected chi connectivity index (χ0v) is 21.9. The van der Waals surface area contributed by atoms with E-state index in [1.807, 2.05) is 24.3 Å². The quantitative estimate of drug-likeness (QED) is 0.456. The zero-order valence-electron chi connectivity index (χ0n) is 21.9. The lowest BCUT2D eigenvalue weighted by molar-refractivity contribution is -0.156. The molecule has 1 aliphatic carbocycles. The molecule has 1 fully saturated rings. The molecule has 6 heteroatoms. The number of esters is 1. The van der Waals surface area contributed by atoms with Crippen molar-refractivity contribution in [3.8, 4) is 0 Å². The van der Waals surface area contributed by atoms with Crippen LogP contribution in [0.2, 0.25) is 0 Å². The molecule has 0 spiro atoms. The van der Waals surface area contributed by atoms with E-state index in [1.165, 1.54) is 18.1 Å². The summed E-state index contributed by atoms with van der Waals surface area (Å²) in [6, 6.07) is 8.00. The Kier molecular flexibility index (Phi) is 8.94. The fraction of sp³-hybridized carbons (Fsp3) is 0.586. The second kappa shape index (κ2) is 11.5. The topological polar surface area (TPSA) is 84.9 Å². The van der Waals surface area contributed by atoms with Crippen LogP contribution in [0.4, 0.5) is 5.69 Å².